The molecule has 1 heterocycles. The Kier molecular flexibility index (Phi) is 6.37. The van der Waals surface area contributed by atoms with Crippen LogP contribution in [0, 0.1) is 18.6 Å². The Labute approximate surface area is 194 Å². The second kappa shape index (κ2) is 9.25. The Balaban J connectivity index is 1.99. The van der Waals surface area contributed by atoms with E-state index in [1.165, 1.54) is 6.07 Å². The molecule has 0 aliphatic heterocycles. The summed E-state index contributed by atoms with van der Waals surface area (Å²) >= 11 is 0. The maximum absolute atomic E-state index is 14.1. The standard InChI is InChI=1S/C27H21F5N2/c1-18-10-11-25(33-17-18)26(16-19-6-3-2-4-7-19,34-24-14-22(28)13-23(29)15-24)20-8-5-9-21(12-20)27(30,31)32/h2-15,17,34H,16H2,1H3. The van der Waals surface area contributed by atoms with E-state index in [0.717, 1.165) is 41.5 Å². The van der Waals surface area contributed by atoms with E-state index in [2.05, 4.69) is 10.3 Å². The molecule has 174 valence electrons. The first-order valence-corrected chi connectivity index (χ1v) is 10.5. The summed E-state index contributed by atoms with van der Waals surface area (Å²) in [7, 11) is 0. The molecule has 1 atom stereocenters. The van der Waals surface area contributed by atoms with Gasteiger partial charge in [-0.3, -0.25) is 4.98 Å². The number of alkyl halides is 3. The summed E-state index contributed by atoms with van der Waals surface area (Å²) < 4.78 is 69.0. The molecule has 0 bridgehead atoms. The zero-order chi connectivity index (χ0) is 24.3. The van der Waals surface area contributed by atoms with Crippen LogP contribution in [0.25, 0.3) is 0 Å². The minimum atomic E-state index is -4.57. The first-order chi connectivity index (χ1) is 16.2. The van der Waals surface area contributed by atoms with Crippen LogP contribution < -0.4 is 5.32 Å². The van der Waals surface area contributed by atoms with Crippen LogP contribution >= 0.6 is 0 Å². The van der Waals surface area contributed by atoms with Crippen molar-refractivity contribution in [2.75, 3.05) is 5.32 Å². The molecule has 0 radical (unpaired) electrons. The molecule has 1 aromatic heterocycles. The van der Waals surface area contributed by atoms with Crippen LogP contribution in [0.2, 0.25) is 0 Å². The summed E-state index contributed by atoms with van der Waals surface area (Å²) in [5, 5.41) is 3.14. The molecule has 0 aliphatic rings. The van der Waals surface area contributed by atoms with E-state index < -0.39 is 28.9 Å². The maximum Gasteiger partial charge on any atom is 0.416 e. The molecule has 0 aliphatic carbocycles. The number of nitrogens with zero attached hydrogens (tertiary/aromatic N) is 1. The number of rotatable bonds is 6. The third kappa shape index (κ3) is 5.09. The molecule has 4 aromatic rings. The van der Waals surface area contributed by atoms with Crippen molar-refractivity contribution in [1.82, 2.24) is 4.98 Å². The number of pyridine rings is 1. The highest BCUT2D eigenvalue weighted by molar-refractivity contribution is 5.54. The first-order valence-electron chi connectivity index (χ1n) is 10.5. The van der Waals surface area contributed by atoms with Crippen LogP contribution in [0.3, 0.4) is 0 Å². The molecule has 2 nitrogen and oxygen atoms in total. The van der Waals surface area contributed by atoms with Gasteiger partial charge in [0.15, 0.2) is 0 Å². The van der Waals surface area contributed by atoms with Gasteiger partial charge < -0.3 is 5.32 Å². The normalized spacial score (nSPS) is 13.4. The van der Waals surface area contributed by atoms with Crippen molar-refractivity contribution in [3.63, 3.8) is 0 Å². The summed E-state index contributed by atoms with van der Waals surface area (Å²) in [6, 6.07) is 20.5. The molecule has 0 saturated heterocycles. The van der Waals surface area contributed by atoms with Gasteiger partial charge in [-0.05, 0) is 53.9 Å². The monoisotopic (exact) mass is 468 g/mol. The molecule has 0 spiro atoms. The number of aromatic nitrogens is 1. The van der Waals surface area contributed by atoms with E-state index >= 15 is 0 Å². The Morgan fingerprint density at radius 2 is 1.44 bits per heavy atom. The highest BCUT2D eigenvalue weighted by Crippen LogP contribution is 2.39. The van der Waals surface area contributed by atoms with Gasteiger partial charge in [0, 0.05) is 24.4 Å². The van der Waals surface area contributed by atoms with Crippen LogP contribution in [0.4, 0.5) is 27.6 Å². The largest absolute Gasteiger partial charge is 0.416 e. The van der Waals surface area contributed by atoms with Gasteiger partial charge >= 0.3 is 6.18 Å². The van der Waals surface area contributed by atoms with Gasteiger partial charge in [-0.1, -0.05) is 48.5 Å². The predicted molar refractivity (Wildman–Crippen MR) is 121 cm³/mol. The Bertz CT molecular complexity index is 1250. The highest BCUT2D eigenvalue weighted by atomic mass is 19.4. The Morgan fingerprint density at radius 1 is 0.765 bits per heavy atom. The van der Waals surface area contributed by atoms with Crippen molar-refractivity contribution in [2.24, 2.45) is 0 Å². The smallest absolute Gasteiger partial charge is 0.370 e. The fourth-order valence-corrected chi connectivity index (χ4v) is 3.98. The van der Waals surface area contributed by atoms with E-state index in [1.807, 2.05) is 37.3 Å². The average molecular weight is 468 g/mol. The summed E-state index contributed by atoms with van der Waals surface area (Å²) in [6.07, 6.45) is -2.79. The van der Waals surface area contributed by atoms with E-state index in [-0.39, 0.29) is 17.7 Å². The van der Waals surface area contributed by atoms with Crippen LogP contribution in [-0.2, 0) is 18.1 Å². The Hall–Kier alpha value is -3.74. The molecule has 34 heavy (non-hydrogen) atoms. The van der Waals surface area contributed by atoms with Crippen LogP contribution in [0.5, 0.6) is 0 Å². The molecule has 1 N–H and O–H groups in total. The van der Waals surface area contributed by atoms with E-state index in [4.69, 9.17) is 0 Å². The van der Waals surface area contributed by atoms with Crippen LogP contribution in [0.1, 0.15) is 27.9 Å². The van der Waals surface area contributed by atoms with Gasteiger partial charge in [0.25, 0.3) is 0 Å². The number of nitrogens with one attached hydrogen (secondary N) is 1. The second-order valence-electron chi connectivity index (χ2n) is 8.15. The lowest BCUT2D eigenvalue weighted by Gasteiger charge is -2.37. The lowest BCUT2D eigenvalue weighted by atomic mass is 9.79. The summed E-state index contributed by atoms with van der Waals surface area (Å²) in [4.78, 5) is 4.52. The summed E-state index contributed by atoms with van der Waals surface area (Å²) in [5.41, 5.74) is 0.203. The SMILES string of the molecule is Cc1ccc(C(Cc2ccccc2)(Nc2cc(F)cc(F)c2)c2cccc(C(F)(F)F)c2)nc1. The molecule has 4 rings (SSSR count). The lowest BCUT2D eigenvalue weighted by molar-refractivity contribution is -0.137. The average Bonchev–Trinajstić information content (AvgIpc) is 2.79. The molecule has 0 saturated carbocycles. The summed E-state index contributed by atoms with van der Waals surface area (Å²) in [5.74, 6) is -1.62. The molecule has 0 fully saturated rings. The van der Waals surface area contributed by atoms with Crippen molar-refractivity contribution in [2.45, 2.75) is 25.1 Å². The second-order valence-corrected chi connectivity index (χ2v) is 8.15. The van der Waals surface area contributed by atoms with Crippen molar-refractivity contribution >= 4 is 5.69 Å². The third-order valence-corrected chi connectivity index (χ3v) is 5.56. The van der Waals surface area contributed by atoms with Gasteiger partial charge in [-0.15, -0.1) is 0 Å². The molecule has 0 amide bonds. The molecular formula is C27H21F5N2. The van der Waals surface area contributed by atoms with Gasteiger partial charge in [0.05, 0.1) is 11.3 Å². The molecular weight excluding hydrogens is 447 g/mol. The van der Waals surface area contributed by atoms with E-state index in [0.29, 0.717) is 5.69 Å². The quantitative estimate of drug-likeness (QED) is 0.301. The number of aryl methyl sites for hydroxylation is 1. The van der Waals surface area contributed by atoms with Gasteiger partial charge in [0.2, 0.25) is 0 Å². The van der Waals surface area contributed by atoms with Crippen molar-refractivity contribution in [3.05, 3.63) is 131 Å². The number of hydrogen-bond acceptors (Lipinski definition) is 2. The number of benzene rings is 3. The third-order valence-electron chi connectivity index (χ3n) is 5.56. The topological polar surface area (TPSA) is 24.9 Å². The minimum Gasteiger partial charge on any atom is -0.370 e. The van der Waals surface area contributed by atoms with E-state index in [1.54, 1.807) is 24.4 Å². The van der Waals surface area contributed by atoms with Gasteiger partial charge in [0.1, 0.15) is 17.2 Å². The number of hydrogen-bond donors (Lipinski definition) is 1. The van der Waals surface area contributed by atoms with Crippen molar-refractivity contribution in [1.29, 1.82) is 0 Å². The van der Waals surface area contributed by atoms with Gasteiger partial charge in [-0.2, -0.15) is 13.2 Å². The fraction of sp³-hybridized carbons (Fsp3) is 0.148. The van der Waals surface area contributed by atoms with Crippen molar-refractivity contribution in [3.8, 4) is 0 Å². The molecule has 1 unspecified atom stereocenters. The van der Waals surface area contributed by atoms with Crippen LogP contribution in [0.15, 0.2) is 91.1 Å². The number of halogens is 5. The highest BCUT2D eigenvalue weighted by Gasteiger charge is 2.39. The first kappa shape index (κ1) is 23.4. The molecule has 7 heteroatoms. The van der Waals surface area contributed by atoms with Crippen LogP contribution in [-0.4, -0.2) is 4.98 Å². The number of anilines is 1. The van der Waals surface area contributed by atoms with E-state index in [9.17, 15) is 22.0 Å². The fourth-order valence-electron chi connectivity index (χ4n) is 3.98. The lowest BCUT2D eigenvalue weighted by Crippen LogP contribution is -2.40. The predicted octanol–water partition coefficient (Wildman–Crippen LogP) is 7.29. The molecule has 3 aromatic carbocycles. The zero-order valence-corrected chi connectivity index (χ0v) is 18.2. The summed E-state index contributed by atoms with van der Waals surface area (Å²) in [6.45, 7) is 1.84. The van der Waals surface area contributed by atoms with Crippen molar-refractivity contribution < 1.29 is 22.0 Å². The Morgan fingerprint density at radius 3 is 2.06 bits per heavy atom. The van der Waals surface area contributed by atoms with Gasteiger partial charge in [-0.25, -0.2) is 8.78 Å². The minimum absolute atomic E-state index is 0.0771. The maximum atomic E-state index is 14.1. The zero-order valence-electron chi connectivity index (χ0n) is 18.2.